The van der Waals surface area contributed by atoms with Crippen LogP contribution in [0, 0.1) is 10.1 Å². The van der Waals surface area contributed by atoms with Crippen LogP contribution >= 0.6 is 0 Å². The summed E-state index contributed by atoms with van der Waals surface area (Å²) < 4.78 is 0. The van der Waals surface area contributed by atoms with E-state index in [0.717, 1.165) is 6.42 Å². The third-order valence-corrected chi connectivity index (χ3v) is 3.43. The molecule has 1 aromatic heterocycles. The van der Waals surface area contributed by atoms with Crippen molar-refractivity contribution in [1.82, 2.24) is 9.88 Å². The average molecular weight is 280 g/mol. The van der Waals surface area contributed by atoms with Crippen LogP contribution in [0.5, 0.6) is 0 Å². The lowest BCUT2D eigenvalue weighted by atomic mass is 9.92. The van der Waals surface area contributed by atoms with Gasteiger partial charge in [-0.3, -0.25) is 10.1 Å². The zero-order valence-electron chi connectivity index (χ0n) is 11.8. The largest absolute Gasteiger partial charge is 0.387 e. The second kappa shape index (κ2) is 5.72. The van der Waals surface area contributed by atoms with Gasteiger partial charge in [0, 0.05) is 31.9 Å². The van der Waals surface area contributed by atoms with Crippen LogP contribution in [-0.2, 0) is 0 Å². The Bertz CT molecular complexity index is 494. The SMILES string of the molecule is CN(C)CC1(O)CCCN(c2ncccc2[N+](=O)[O-])C1. The molecule has 1 N–H and O–H groups in total. The number of nitrogens with zero attached hydrogens (tertiary/aromatic N) is 4. The number of β-amino-alcohol motifs (C(OH)–C–C–N with tert-alkyl or cyclic N) is 1. The average Bonchev–Trinajstić information content (AvgIpc) is 2.37. The van der Waals surface area contributed by atoms with E-state index >= 15 is 0 Å². The molecule has 0 spiro atoms. The molecule has 1 saturated heterocycles. The first-order valence-corrected chi connectivity index (χ1v) is 6.63. The van der Waals surface area contributed by atoms with Crippen LogP contribution in [-0.4, -0.2) is 59.2 Å². The molecule has 20 heavy (non-hydrogen) atoms. The molecule has 7 nitrogen and oxygen atoms in total. The van der Waals surface area contributed by atoms with Gasteiger partial charge < -0.3 is 14.9 Å². The van der Waals surface area contributed by atoms with Crippen molar-refractivity contribution >= 4 is 11.5 Å². The maximum Gasteiger partial charge on any atom is 0.311 e. The van der Waals surface area contributed by atoms with Crippen molar-refractivity contribution < 1.29 is 10.0 Å². The Morgan fingerprint density at radius 1 is 1.60 bits per heavy atom. The number of aromatic nitrogens is 1. The van der Waals surface area contributed by atoms with E-state index in [1.54, 1.807) is 12.3 Å². The molecule has 1 aromatic rings. The van der Waals surface area contributed by atoms with Gasteiger partial charge in [-0.25, -0.2) is 4.98 Å². The van der Waals surface area contributed by atoms with Crippen LogP contribution in [0.15, 0.2) is 18.3 Å². The molecule has 0 bridgehead atoms. The third-order valence-electron chi connectivity index (χ3n) is 3.43. The number of rotatable bonds is 4. The Morgan fingerprint density at radius 2 is 2.35 bits per heavy atom. The Balaban J connectivity index is 2.23. The van der Waals surface area contributed by atoms with Crippen LogP contribution in [0.1, 0.15) is 12.8 Å². The van der Waals surface area contributed by atoms with Crippen LogP contribution in [0.2, 0.25) is 0 Å². The lowest BCUT2D eigenvalue weighted by Gasteiger charge is -2.40. The molecule has 1 aliphatic rings. The van der Waals surface area contributed by atoms with Crippen LogP contribution in [0.4, 0.5) is 11.5 Å². The number of nitro groups is 1. The van der Waals surface area contributed by atoms with Gasteiger partial charge in [0.05, 0.1) is 10.5 Å². The van der Waals surface area contributed by atoms with E-state index in [2.05, 4.69) is 4.98 Å². The number of aliphatic hydroxyl groups is 1. The van der Waals surface area contributed by atoms with Gasteiger partial charge in [-0.15, -0.1) is 0 Å². The molecule has 0 saturated carbocycles. The molecule has 0 aliphatic carbocycles. The molecule has 2 rings (SSSR count). The third kappa shape index (κ3) is 3.23. The van der Waals surface area contributed by atoms with E-state index < -0.39 is 10.5 Å². The number of pyridine rings is 1. The number of hydrogen-bond donors (Lipinski definition) is 1. The summed E-state index contributed by atoms with van der Waals surface area (Å²) in [6.07, 6.45) is 3.03. The molecule has 0 amide bonds. The van der Waals surface area contributed by atoms with E-state index in [1.807, 2.05) is 23.9 Å². The zero-order chi connectivity index (χ0) is 14.8. The molecule has 1 fully saturated rings. The normalized spacial score (nSPS) is 23.1. The lowest BCUT2D eigenvalue weighted by Crippen LogP contribution is -2.53. The van der Waals surface area contributed by atoms with E-state index in [1.165, 1.54) is 6.07 Å². The maximum atomic E-state index is 11.1. The molecule has 1 unspecified atom stereocenters. The minimum atomic E-state index is -0.854. The minimum absolute atomic E-state index is 0.0124. The van der Waals surface area contributed by atoms with E-state index in [4.69, 9.17) is 0 Å². The van der Waals surface area contributed by atoms with Crippen molar-refractivity contribution in [2.75, 3.05) is 38.6 Å². The standard InChI is InChI=1S/C13H20N4O3/c1-15(2)9-13(18)6-4-8-16(10-13)12-11(17(19)20)5-3-7-14-12/h3,5,7,18H,4,6,8-10H2,1-2H3. The smallest absolute Gasteiger partial charge is 0.311 e. The highest BCUT2D eigenvalue weighted by molar-refractivity contribution is 5.57. The summed E-state index contributed by atoms with van der Waals surface area (Å²) in [4.78, 5) is 18.5. The lowest BCUT2D eigenvalue weighted by molar-refractivity contribution is -0.384. The predicted octanol–water partition coefficient (Wildman–Crippen LogP) is 0.883. The minimum Gasteiger partial charge on any atom is -0.387 e. The van der Waals surface area contributed by atoms with E-state index in [-0.39, 0.29) is 5.69 Å². The van der Waals surface area contributed by atoms with Gasteiger partial charge in [0.15, 0.2) is 0 Å². The van der Waals surface area contributed by atoms with Crippen LogP contribution in [0.3, 0.4) is 0 Å². The molecule has 1 aliphatic heterocycles. The maximum absolute atomic E-state index is 11.1. The van der Waals surface area contributed by atoms with Crippen molar-refractivity contribution in [3.05, 3.63) is 28.4 Å². The second-order valence-corrected chi connectivity index (χ2v) is 5.59. The fraction of sp³-hybridized carbons (Fsp3) is 0.615. The summed E-state index contributed by atoms with van der Waals surface area (Å²) in [5.41, 5.74) is -0.866. The summed E-state index contributed by atoms with van der Waals surface area (Å²) in [6.45, 7) is 1.57. The van der Waals surface area contributed by atoms with Crippen molar-refractivity contribution in [3.8, 4) is 0 Å². The Morgan fingerprint density at radius 3 is 3.00 bits per heavy atom. The summed E-state index contributed by atoms with van der Waals surface area (Å²) in [7, 11) is 3.81. The van der Waals surface area contributed by atoms with Gasteiger partial charge in [0.25, 0.3) is 0 Å². The highest BCUT2D eigenvalue weighted by Gasteiger charge is 2.36. The van der Waals surface area contributed by atoms with Gasteiger partial charge in [0.2, 0.25) is 5.82 Å². The quantitative estimate of drug-likeness (QED) is 0.651. The number of likely N-dealkylation sites (N-methyl/N-ethyl adjacent to an activating group) is 1. The van der Waals surface area contributed by atoms with Crippen molar-refractivity contribution in [3.63, 3.8) is 0 Å². The van der Waals surface area contributed by atoms with E-state index in [9.17, 15) is 15.2 Å². The fourth-order valence-corrected chi connectivity index (χ4v) is 2.79. The van der Waals surface area contributed by atoms with Crippen LogP contribution < -0.4 is 4.90 Å². The Labute approximate surface area is 118 Å². The first-order chi connectivity index (χ1) is 9.41. The summed E-state index contributed by atoms with van der Waals surface area (Å²) in [5.74, 6) is 0.342. The topological polar surface area (TPSA) is 82.7 Å². The van der Waals surface area contributed by atoms with Crippen LogP contribution in [0.25, 0.3) is 0 Å². The molecular weight excluding hydrogens is 260 g/mol. The monoisotopic (exact) mass is 280 g/mol. The number of piperidine rings is 1. The second-order valence-electron chi connectivity index (χ2n) is 5.59. The molecule has 1 atom stereocenters. The van der Waals surface area contributed by atoms with Gasteiger partial charge in [-0.2, -0.15) is 0 Å². The molecule has 7 heteroatoms. The highest BCUT2D eigenvalue weighted by atomic mass is 16.6. The number of hydrogen-bond acceptors (Lipinski definition) is 6. The van der Waals surface area contributed by atoms with Crippen molar-refractivity contribution in [2.24, 2.45) is 0 Å². The zero-order valence-corrected chi connectivity index (χ0v) is 11.8. The molecule has 2 heterocycles. The van der Waals surface area contributed by atoms with E-state index in [0.29, 0.717) is 31.9 Å². The summed E-state index contributed by atoms with van der Waals surface area (Å²) in [5, 5.41) is 21.7. The fourth-order valence-electron chi connectivity index (χ4n) is 2.79. The molecule has 0 aromatic carbocycles. The summed E-state index contributed by atoms with van der Waals surface area (Å²) in [6, 6.07) is 3.00. The first-order valence-electron chi connectivity index (χ1n) is 6.63. The highest BCUT2D eigenvalue weighted by Crippen LogP contribution is 2.30. The molecular formula is C13H20N4O3. The Kier molecular flexibility index (Phi) is 4.20. The van der Waals surface area contributed by atoms with Gasteiger partial charge in [-0.1, -0.05) is 0 Å². The molecule has 0 radical (unpaired) electrons. The number of anilines is 1. The predicted molar refractivity (Wildman–Crippen MR) is 75.8 cm³/mol. The van der Waals surface area contributed by atoms with Crippen molar-refractivity contribution in [2.45, 2.75) is 18.4 Å². The van der Waals surface area contributed by atoms with Gasteiger partial charge in [0.1, 0.15) is 0 Å². The Hall–Kier alpha value is -1.73. The summed E-state index contributed by atoms with van der Waals surface area (Å²) >= 11 is 0. The van der Waals surface area contributed by atoms with Crippen molar-refractivity contribution in [1.29, 1.82) is 0 Å². The molecule has 110 valence electrons. The van der Waals surface area contributed by atoms with Gasteiger partial charge >= 0.3 is 5.69 Å². The van der Waals surface area contributed by atoms with Gasteiger partial charge in [-0.05, 0) is 33.0 Å². The first kappa shape index (κ1) is 14.7.